The number of hydrogen-bond acceptors (Lipinski definition) is 10. The second-order valence-corrected chi connectivity index (χ2v) is 12.8. The lowest BCUT2D eigenvalue weighted by Gasteiger charge is -2.53. The highest BCUT2D eigenvalue weighted by molar-refractivity contribution is 7.92. The van der Waals surface area contributed by atoms with Crippen LogP contribution in [0.25, 0.3) is 0 Å². The van der Waals surface area contributed by atoms with Crippen molar-refractivity contribution in [2.75, 3.05) is 19.8 Å². The number of aliphatic hydroxyl groups is 4. The van der Waals surface area contributed by atoms with Crippen molar-refractivity contribution in [3.63, 3.8) is 0 Å². The van der Waals surface area contributed by atoms with Crippen molar-refractivity contribution >= 4 is 28.6 Å². The lowest BCUT2D eigenvalue weighted by molar-refractivity contribution is -0.162. The van der Waals surface area contributed by atoms with Crippen LogP contribution < -0.4 is 5.73 Å². The Kier molecular flexibility index (Phi) is 6.83. The van der Waals surface area contributed by atoms with E-state index in [2.05, 4.69) is 0 Å². The van der Waals surface area contributed by atoms with E-state index in [9.17, 15) is 44.5 Å². The van der Waals surface area contributed by atoms with E-state index in [0.29, 0.717) is 5.56 Å². The van der Waals surface area contributed by atoms with E-state index >= 15 is 0 Å². The zero-order valence-electron chi connectivity index (χ0n) is 21.5. The van der Waals surface area contributed by atoms with Gasteiger partial charge in [0.1, 0.15) is 33.8 Å². The van der Waals surface area contributed by atoms with E-state index in [-0.39, 0.29) is 16.6 Å². The van der Waals surface area contributed by atoms with Crippen LogP contribution in [0, 0.1) is 11.8 Å². The minimum absolute atomic E-state index is 0.00695. The van der Waals surface area contributed by atoms with Crippen LogP contribution >= 0.6 is 0 Å². The molecule has 0 bridgehead atoms. The van der Waals surface area contributed by atoms with Crippen molar-refractivity contribution in [3.8, 4) is 5.75 Å². The normalized spacial score (nSPS) is 33.7. The third-order valence-corrected chi connectivity index (χ3v) is 10.7. The topological polar surface area (TPSA) is 205 Å². The number of fused-ring (bicyclic) bond motifs is 3. The Hall–Kier alpha value is -2.90. The molecule has 1 aromatic rings. The van der Waals surface area contributed by atoms with E-state index in [0.717, 1.165) is 25.7 Å². The maximum atomic E-state index is 13.8. The van der Waals surface area contributed by atoms with Crippen LogP contribution in [0.3, 0.4) is 0 Å². The van der Waals surface area contributed by atoms with Crippen molar-refractivity contribution in [3.05, 3.63) is 52.0 Å². The number of phenols is 1. The highest BCUT2D eigenvalue weighted by Crippen LogP contribution is 2.56. The summed E-state index contributed by atoms with van der Waals surface area (Å²) in [4.78, 5) is 40.8. The molecule has 39 heavy (non-hydrogen) atoms. The standard InChI is InChI=1S/C27H32N2O9S/c1-29(2)20-19-22(32)16-13(10-39(38)11-6-3-4-7-11)12-8-5-9-14(30)15(12)21(31)17(16)24(34)27(19,37)25(35)18(23(20)33)26(28)36/h5,8-9,11,13,16,19-20,22,30,32-34,37H,3-4,6-7,10H2,1-2H3,(H2,28,36)/t13-,16+,19+,20-,22-,27-,39?/m0/s1. The Labute approximate surface area is 227 Å². The third kappa shape index (κ3) is 3.84. The Morgan fingerprint density at radius 2 is 1.82 bits per heavy atom. The number of Topliss-reactive ketones (excluding diaryl/α,β-unsaturated/α-hetero) is 2. The van der Waals surface area contributed by atoms with Crippen LogP contribution in [0.5, 0.6) is 5.75 Å². The van der Waals surface area contributed by atoms with Gasteiger partial charge in [-0.1, -0.05) is 23.3 Å². The van der Waals surface area contributed by atoms with Gasteiger partial charge in [0, 0.05) is 17.4 Å². The molecule has 7 N–H and O–H groups in total. The highest BCUT2D eigenvalue weighted by atomic mass is 32.2. The number of amides is 1. The number of nitrogens with zero attached hydrogens (tertiary/aromatic N) is 1. The fraction of sp³-hybridized carbons (Fsp3) is 0.519. The van der Waals surface area contributed by atoms with Gasteiger partial charge in [-0.3, -0.25) is 19.3 Å². The molecule has 0 saturated heterocycles. The molecule has 0 aliphatic heterocycles. The first-order chi connectivity index (χ1) is 18.3. The number of carbonyl (C=O) groups is 3. The molecule has 0 spiro atoms. The number of hydrogen-bond donors (Lipinski definition) is 6. The van der Waals surface area contributed by atoms with Crippen molar-refractivity contribution in [2.24, 2.45) is 17.6 Å². The van der Waals surface area contributed by atoms with Crippen molar-refractivity contribution in [1.82, 2.24) is 4.90 Å². The highest BCUT2D eigenvalue weighted by Gasteiger charge is 2.68. The first-order valence-corrected chi connectivity index (χ1v) is 14.2. The minimum Gasteiger partial charge on any atom is -0.616 e. The summed E-state index contributed by atoms with van der Waals surface area (Å²) in [5.41, 5.74) is 1.07. The van der Waals surface area contributed by atoms with Gasteiger partial charge < -0.3 is 35.8 Å². The number of carbonyl (C=O) groups excluding carboxylic acids is 3. The van der Waals surface area contributed by atoms with Gasteiger partial charge in [0.05, 0.1) is 23.6 Å². The van der Waals surface area contributed by atoms with Gasteiger partial charge in [0.25, 0.3) is 5.91 Å². The summed E-state index contributed by atoms with van der Waals surface area (Å²) < 4.78 is 13.5. The zero-order chi connectivity index (χ0) is 28.5. The summed E-state index contributed by atoms with van der Waals surface area (Å²) in [6.07, 6.45) is 1.68. The number of aliphatic hydroxyl groups excluding tert-OH is 3. The van der Waals surface area contributed by atoms with E-state index < -0.39 is 92.6 Å². The molecular formula is C27H32N2O9S. The summed E-state index contributed by atoms with van der Waals surface area (Å²) in [6.45, 7) is 0. The number of rotatable bonds is 5. The van der Waals surface area contributed by atoms with E-state index in [4.69, 9.17) is 5.73 Å². The monoisotopic (exact) mass is 560 g/mol. The van der Waals surface area contributed by atoms with Crippen molar-refractivity contribution in [1.29, 1.82) is 0 Å². The number of ketones is 2. The number of likely N-dealkylation sites (N-methyl/N-ethyl adjacent to an activating group) is 1. The Balaban J connectivity index is 1.75. The number of phenolic OH excluding ortho intramolecular Hbond substituents is 1. The Morgan fingerprint density at radius 1 is 1.18 bits per heavy atom. The molecule has 1 aromatic carbocycles. The van der Waals surface area contributed by atoms with Gasteiger partial charge >= 0.3 is 0 Å². The predicted molar refractivity (Wildman–Crippen MR) is 139 cm³/mol. The second kappa shape index (κ2) is 9.63. The number of benzene rings is 1. The van der Waals surface area contributed by atoms with Crippen molar-refractivity contribution < 1.29 is 44.5 Å². The van der Waals surface area contributed by atoms with Gasteiger partial charge in [0.2, 0.25) is 5.78 Å². The molecule has 0 radical (unpaired) electrons. The smallest absolute Gasteiger partial charge is 0.255 e. The zero-order valence-corrected chi connectivity index (χ0v) is 22.4. The summed E-state index contributed by atoms with van der Waals surface area (Å²) in [6, 6.07) is 3.03. The number of primary amides is 1. The molecular weight excluding hydrogens is 528 g/mol. The Morgan fingerprint density at radius 3 is 2.41 bits per heavy atom. The predicted octanol–water partition coefficient (Wildman–Crippen LogP) is 0.324. The average Bonchev–Trinajstić information content (AvgIpc) is 3.40. The second-order valence-electron chi connectivity index (χ2n) is 11.1. The van der Waals surface area contributed by atoms with Gasteiger partial charge in [-0.2, -0.15) is 0 Å². The summed E-state index contributed by atoms with van der Waals surface area (Å²) in [5.74, 6) is -9.67. The van der Waals surface area contributed by atoms with Gasteiger partial charge in [-0.15, -0.1) is 0 Å². The third-order valence-electron chi connectivity index (χ3n) is 8.82. The molecule has 4 aliphatic carbocycles. The fourth-order valence-electron chi connectivity index (χ4n) is 7.06. The van der Waals surface area contributed by atoms with Crippen LogP contribution in [0.4, 0.5) is 0 Å². The van der Waals surface area contributed by atoms with Gasteiger partial charge in [0.15, 0.2) is 11.4 Å². The molecule has 0 heterocycles. The maximum absolute atomic E-state index is 13.8. The maximum Gasteiger partial charge on any atom is 0.255 e. The number of nitrogens with two attached hydrogens (primary N) is 1. The first kappa shape index (κ1) is 27.7. The molecule has 1 amide bonds. The molecule has 1 unspecified atom stereocenters. The molecule has 12 heteroatoms. The molecule has 1 saturated carbocycles. The first-order valence-electron chi connectivity index (χ1n) is 12.9. The average molecular weight is 561 g/mol. The van der Waals surface area contributed by atoms with Crippen LogP contribution in [0.2, 0.25) is 0 Å². The minimum atomic E-state index is -2.98. The quantitative estimate of drug-likeness (QED) is 0.215. The lowest BCUT2D eigenvalue weighted by Crippen LogP contribution is -2.68. The molecule has 11 nitrogen and oxygen atoms in total. The van der Waals surface area contributed by atoms with Crippen LogP contribution in [0.15, 0.2) is 40.9 Å². The van der Waals surface area contributed by atoms with Crippen LogP contribution in [0.1, 0.15) is 47.5 Å². The van der Waals surface area contributed by atoms with Gasteiger partial charge in [-0.25, -0.2) is 0 Å². The summed E-state index contributed by atoms with van der Waals surface area (Å²) >= 11 is -1.39. The molecule has 7 atom stereocenters. The molecule has 4 aliphatic rings. The van der Waals surface area contributed by atoms with E-state index in [1.54, 1.807) is 6.07 Å². The SMILES string of the molecule is CN(C)[C@@H]1C(O)=C(C(N)=O)C(=O)[C@@]2(O)C(O)=C3C(=O)c4c(O)cccc4[C@H](C[S+]([O-])C4CCCC4)[C@H]3[C@H](O)[C@@H]12. The van der Waals surface area contributed by atoms with Crippen LogP contribution in [-0.4, -0.2) is 95.3 Å². The molecule has 1 fully saturated rings. The molecule has 0 aromatic heterocycles. The fourth-order valence-corrected chi connectivity index (χ4v) is 8.94. The van der Waals surface area contributed by atoms with Crippen molar-refractivity contribution in [2.45, 2.75) is 54.6 Å². The Bertz CT molecular complexity index is 1320. The molecule has 210 valence electrons. The largest absolute Gasteiger partial charge is 0.616 e. The van der Waals surface area contributed by atoms with Gasteiger partial charge in [-0.05, 0) is 51.4 Å². The molecule has 5 rings (SSSR count). The summed E-state index contributed by atoms with van der Waals surface area (Å²) in [5, 5.41) is 56.7. The van der Waals surface area contributed by atoms with E-state index in [1.165, 1.54) is 31.1 Å². The van der Waals surface area contributed by atoms with E-state index in [1.807, 2.05) is 0 Å². The van der Waals surface area contributed by atoms with Crippen LogP contribution in [-0.2, 0) is 20.8 Å². The summed E-state index contributed by atoms with van der Waals surface area (Å²) in [7, 11) is 2.95. The number of aromatic hydroxyl groups is 1. The lowest BCUT2D eigenvalue weighted by atomic mass is 9.55.